The van der Waals surface area contributed by atoms with Crippen LogP contribution in [0.4, 0.5) is 4.79 Å². The van der Waals surface area contributed by atoms with Gasteiger partial charge in [0.15, 0.2) is 0 Å². The van der Waals surface area contributed by atoms with Crippen molar-refractivity contribution in [3.05, 3.63) is 65.2 Å². The number of ether oxygens (including phenoxy) is 2. The lowest BCUT2D eigenvalue weighted by Crippen LogP contribution is -2.42. The Morgan fingerprint density at radius 1 is 1.12 bits per heavy atom. The predicted octanol–water partition coefficient (Wildman–Crippen LogP) is 6.78. The van der Waals surface area contributed by atoms with Crippen molar-refractivity contribution in [3.8, 4) is 5.75 Å². The fourth-order valence-electron chi connectivity index (χ4n) is 4.81. The maximum Gasteiger partial charge on any atom is 0.410 e. The first-order chi connectivity index (χ1) is 16.4. The second-order valence-corrected chi connectivity index (χ2v) is 10.1. The van der Waals surface area contributed by atoms with Crippen LogP contribution in [0, 0.1) is 0 Å². The van der Waals surface area contributed by atoms with Crippen LogP contribution < -0.4 is 4.74 Å². The zero-order valence-electron chi connectivity index (χ0n) is 21.3. The monoisotopic (exact) mass is 467 g/mol. The number of hydrogen-bond donors (Lipinski definition) is 1. The van der Waals surface area contributed by atoms with Crippen LogP contribution in [0.3, 0.4) is 0 Å². The highest BCUT2D eigenvalue weighted by Crippen LogP contribution is 2.40. The van der Waals surface area contributed by atoms with Gasteiger partial charge >= 0.3 is 6.09 Å². The molecule has 1 aliphatic rings. The summed E-state index contributed by atoms with van der Waals surface area (Å²) in [5, 5.41) is 10.4. The normalized spacial score (nSPS) is 18.6. The molecule has 34 heavy (non-hydrogen) atoms. The highest BCUT2D eigenvalue weighted by atomic mass is 16.5. The molecule has 1 N–H and O–H groups in total. The number of amides is 1. The molecule has 1 heterocycles. The summed E-state index contributed by atoms with van der Waals surface area (Å²) >= 11 is 0. The van der Waals surface area contributed by atoms with E-state index < -0.39 is 6.10 Å². The first-order valence-corrected chi connectivity index (χ1v) is 12.7. The molecule has 2 unspecified atom stereocenters. The number of aliphatic hydroxyl groups is 1. The Balaban J connectivity index is 1.92. The fourth-order valence-corrected chi connectivity index (χ4v) is 4.81. The van der Waals surface area contributed by atoms with Crippen LogP contribution in [-0.4, -0.2) is 35.9 Å². The molecule has 5 nitrogen and oxygen atoms in total. The van der Waals surface area contributed by atoms with Crippen LogP contribution in [0.5, 0.6) is 5.75 Å². The molecular weight excluding hydrogens is 426 g/mol. The predicted molar refractivity (Wildman–Crippen MR) is 136 cm³/mol. The average Bonchev–Trinajstić information content (AvgIpc) is 2.85. The van der Waals surface area contributed by atoms with Gasteiger partial charge in [-0.1, -0.05) is 88.9 Å². The van der Waals surface area contributed by atoms with E-state index in [-0.39, 0.29) is 17.6 Å². The molecule has 1 saturated heterocycles. The molecule has 0 saturated carbocycles. The van der Waals surface area contributed by atoms with Gasteiger partial charge in [0.1, 0.15) is 12.4 Å². The second kappa shape index (κ2) is 12.3. The largest absolute Gasteiger partial charge is 0.489 e. The topological polar surface area (TPSA) is 59.0 Å². The maximum absolute atomic E-state index is 12.5. The number of piperidine rings is 1. The molecule has 1 aliphatic heterocycles. The zero-order chi connectivity index (χ0) is 24.6. The van der Waals surface area contributed by atoms with E-state index in [1.807, 2.05) is 30.3 Å². The van der Waals surface area contributed by atoms with Crippen molar-refractivity contribution in [2.24, 2.45) is 0 Å². The first-order valence-electron chi connectivity index (χ1n) is 12.7. The van der Waals surface area contributed by atoms with Gasteiger partial charge in [-0.2, -0.15) is 0 Å². The Morgan fingerprint density at radius 2 is 1.88 bits per heavy atom. The third kappa shape index (κ3) is 6.75. The smallest absolute Gasteiger partial charge is 0.410 e. The van der Waals surface area contributed by atoms with Gasteiger partial charge in [-0.15, -0.1) is 0 Å². The van der Waals surface area contributed by atoms with E-state index in [9.17, 15) is 9.90 Å². The van der Waals surface area contributed by atoms with E-state index in [1.54, 1.807) is 4.90 Å². The molecule has 1 fully saturated rings. The molecule has 2 atom stereocenters. The summed E-state index contributed by atoms with van der Waals surface area (Å²) in [7, 11) is 1.40. The number of benzene rings is 2. The van der Waals surface area contributed by atoms with Crippen LogP contribution in [0.1, 0.15) is 88.4 Å². The molecule has 0 spiro atoms. The van der Waals surface area contributed by atoms with Gasteiger partial charge in [0, 0.05) is 12.1 Å². The number of likely N-dealkylation sites (tertiary alicyclic amines) is 1. The molecule has 3 rings (SSSR count). The SMILES string of the molecule is CCCCCCC(C)(C)c1ccc(C2CC(O)CCN2C(=O)OC)c(OCc2ccccc2)c1. The third-order valence-corrected chi connectivity index (χ3v) is 7.03. The number of aliphatic hydroxyl groups excluding tert-OH is 1. The number of hydrogen-bond acceptors (Lipinski definition) is 4. The molecule has 2 aromatic rings. The van der Waals surface area contributed by atoms with Crippen molar-refractivity contribution in [3.63, 3.8) is 0 Å². The molecule has 1 amide bonds. The highest BCUT2D eigenvalue weighted by Gasteiger charge is 2.35. The minimum atomic E-state index is -0.456. The molecule has 2 aromatic carbocycles. The van der Waals surface area contributed by atoms with Gasteiger partial charge in [0.05, 0.1) is 19.3 Å². The van der Waals surface area contributed by atoms with Crippen LogP contribution in [0.2, 0.25) is 0 Å². The number of methoxy groups -OCH3 is 1. The lowest BCUT2D eigenvalue weighted by molar-refractivity contribution is 0.0347. The molecule has 0 radical (unpaired) electrons. The number of unbranched alkanes of at least 4 members (excludes halogenated alkanes) is 3. The van der Waals surface area contributed by atoms with Crippen molar-refractivity contribution in [1.82, 2.24) is 4.90 Å². The summed E-state index contributed by atoms with van der Waals surface area (Å²) in [6.07, 6.45) is 6.27. The Morgan fingerprint density at radius 3 is 2.59 bits per heavy atom. The summed E-state index contributed by atoms with van der Waals surface area (Å²) in [5.41, 5.74) is 3.26. The zero-order valence-corrected chi connectivity index (χ0v) is 21.3. The van der Waals surface area contributed by atoms with Gasteiger partial charge in [-0.05, 0) is 41.9 Å². The summed E-state index contributed by atoms with van der Waals surface area (Å²) in [6, 6.07) is 16.2. The van der Waals surface area contributed by atoms with E-state index in [4.69, 9.17) is 9.47 Å². The van der Waals surface area contributed by atoms with Crippen molar-refractivity contribution in [1.29, 1.82) is 0 Å². The Hall–Kier alpha value is -2.53. The molecular formula is C29H41NO4. The standard InChI is InChI=1S/C29H41NO4/c1-5-6-7-11-17-29(2,3)23-14-15-25(26-20-24(31)16-18-30(26)28(32)33-4)27(19-23)34-21-22-12-9-8-10-13-22/h8-10,12-15,19,24,26,31H,5-7,11,16-18,20-21H2,1-4H3. The van der Waals surface area contributed by atoms with Crippen molar-refractivity contribution < 1.29 is 19.4 Å². The van der Waals surface area contributed by atoms with E-state index >= 15 is 0 Å². The van der Waals surface area contributed by atoms with Gasteiger partial charge in [0.2, 0.25) is 0 Å². The van der Waals surface area contributed by atoms with Crippen molar-refractivity contribution in [2.75, 3.05) is 13.7 Å². The van der Waals surface area contributed by atoms with Crippen LogP contribution >= 0.6 is 0 Å². The van der Waals surface area contributed by atoms with Gasteiger partial charge in [-0.25, -0.2) is 4.79 Å². The summed E-state index contributed by atoms with van der Waals surface area (Å²) in [4.78, 5) is 14.2. The minimum absolute atomic E-state index is 0.0191. The summed E-state index contributed by atoms with van der Waals surface area (Å²) in [5.74, 6) is 0.774. The molecule has 0 aromatic heterocycles. The Bertz CT molecular complexity index is 912. The summed E-state index contributed by atoms with van der Waals surface area (Å²) in [6.45, 7) is 7.73. The Kier molecular flexibility index (Phi) is 9.40. The third-order valence-electron chi connectivity index (χ3n) is 7.03. The fraction of sp³-hybridized carbons (Fsp3) is 0.552. The van der Waals surface area contributed by atoms with Crippen molar-refractivity contribution >= 4 is 6.09 Å². The Labute approximate surface area is 205 Å². The summed E-state index contributed by atoms with van der Waals surface area (Å²) < 4.78 is 11.4. The van der Waals surface area contributed by atoms with Gasteiger partial charge in [0.25, 0.3) is 0 Å². The van der Waals surface area contributed by atoms with E-state index in [0.29, 0.717) is 26.0 Å². The lowest BCUT2D eigenvalue weighted by atomic mass is 9.79. The van der Waals surface area contributed by atoms with Crippen LogP contribution in [0.25, 0.3) is 0 Å². The number of carbonyl (C=O) groups is 1. The van der Waals surface area contributed by atoms with Crippen LogP contribution in [0.15, 0.2) is 48.5 Å². The van der Waals surface area contributed by atoms with Gasteiger partial charge in [-0.3, -0.25) is 0 Å². The number of nitrogens with zero attached hydrogens (tertiary/aromatic N) is 1. The molecule has 186 valence electrons. The molecule has 0 bridgehead atoms. The maximum atomic E-state index is 12.5. The quantitative estimate of drug-likeness (QED) is 0.391. The van der Waals surface area contributed by atoms with Gasteiger partial charge < -0.3 is 19.5 Å². The minimum Gasteiger partial charge on any atom is -0.489 e. The molecule has 0 aliphatic carbocycles. The van der Waals surface area contributed by atoms with E-state index in [0.717, 1.165) is 23.3 Å². The average molecular weight is 468 g/mol. The van der Waals surface area contributed by atoms with E-state index in [1.165, 1.54) is 38.4 Å². The first kappa shape index (κ1) is 26.1. The number of carbonyl (C=O) groups excluding carboxylic acids is 1. The van der Waals surface area contributed by atoms with E-state index in [2.05, 4.69) is 39.0 Å². The second-order valence-electron chi connectivity index (χ2n) is 10.1. The number of rotatable bonds is 10. The lowest BCUT2D eigenvalue weighted by Gasteiger charge is -2.38. The highest BCUT2D eigenvalue weighted by molar-refractivity contribution is 5.68. The molecule has 5 heteroatoms. The van der Waals surface area contributed by atoms with Crippen molar-refractivity contribution in [2.45, 2.75) is 89.9 Å². The van der Waals surface area contributed by atoms with Crippen LogP contribution in [-0.2, 0) is 16.8 Å².